The highest BCUT2D eigenvalue weighted by atomic mass is 19.1. The molecule has 0 spiro atoms. The van der Waals surface area contributed by atoms with E-state index in [1.54, 1.807) is 0 Å². The molecule has 1 aliphatic rings. The molecule has 1 N–H and O–H groups in total. The molecule has 2 rings (SSSR count). The molecule has 5 nitrogen and oxygen atoms in total. The van der Waals surface area contributed by atoms with Crippen LogP contribution in [0.3, 0.4) is 0 Å². The van der Waals surface area contributed by atoms with E-state index in [2.05, 4.69) is 5.32 Å². The van der Waals surface area contributed by atoms with Crippen LogP contribution in [0.15, 0.2) is 12.1 Å². The summed E-state index contributed by atoms with van der Waals surface area (Å²) in [5, 5.41) is 13.6. The molecule has 1 unspecified atom stereocenters. The molecule has 1 saturated heterocycles. The molecule has 18 heavy (non-hydrogen) atoms. The summed E-state index contributed by atoms with van der Waals surface area (Å²) < 4.78 is 26.6. The number of anilines is 1. The van der Waals surface area contributed by atoms with Gasteiger partial charge in [-0.15, -0.1) is 0 Å². The lowest BCUT2D eigenvalue weighted by atomic mass is 10.2. The number of nitrogens with zero attached hydrogens (tertiary/aromatic N) is 2. The Kier molecular flexibility index (Phi) is 3.42. The van der Waals surface area contributed by atoms with Crippen molar-refractivity contribution in [3.63, 3.8) is 0 Å². The predicted molar refractivity (Wildman–Crippen MR) is 62.5 cm³/mol. The largest absolute Gasteiger partial charge is 0.373 e. The summed E-state index contributed by atoms with van der Waals surface area (Å²) in [5.41, 5.74) is -0.802. The van der Waals surface area contributed by atoms with Crippen molar-refractivity contribution in [1.82, 2.24) is 4.90 Å². The van der Waals surface area contributed by atoms with E-state index in [1.807, 2.05) is 11.9 Å². The maximum absolute atomic E-state index is 13.6. The van der Waals surface area contributed by atoms with E-state index < -0.39 is 22.2 Å². The lowest BCUT2D eigenvalue weighted by molar-refractivity contribution is -0.384. The van der Waals surface area contributed by atoms with E-state index in [0.29, 0.717) is 12.6 Å². The van der Waals surface area contributed by atoms with Gasteiger partial charge >= 0.3 is 0 Å². The van der Waals surface area contributed by atoms with Crippen molar-refractivity contribution < 1.29 is 13.7 Å². The Morgan fingerprint density at radius 1 is 1.50 bits per heavy atom. The number of halogens is 2. The van der Waals surface area contributed by atoms with E-state index in [1.165, 1.54) is 0 Å². The monoisotopic (exact) mass is 257 g/mol. The number of likely N-dealkylation sites (tertiary alicyclic amines) is 1. The molecule has 0 amide bonds. The van der Waals surface area contributed by atoms with Gasteiger partial charge in [-0.2, -0.15) is 0 Å². The van der Waals surface area contributed by atoms with Gasteiger partial charge in [-0.1, -0.05) is 0 Å². The minimum atomic E-state index is -0.951. The van der Waals surface area contributed by atoms with Crippen molar-refractivity contribution in [2.45, 2.75) is 12.5 Å². The zero-order chi connectivity index (χ0) is 13.3. The molecule has 0 radical (unpaired) electrons. The summed E-state index contributed by atoms with van der Waals surface area (Å²) in [6.45, 7) is 1.52. The fourth-order valence-corrected chi connectivity index (χ4v) is 2.10. The highest BCUT2D eigenvalue weighted by Gasteiger charge is 2.26. The van der Waals surface area contributed by atoms with Gasteiger partial charge in [0.25, 0.3) is 5.69 Å². The lowest BCUT2D eigenvalue weighted by Crippen LogP contribution is -2.24. The normalized spacial score (nSPS) is 20.1. The van der Waals surface area contributed by atoms with Gasteiger partial charge < -0.3 is 10.2 Å². The average Bonchev–Trinajstić information content (AvgIpc) is 2.67. The van der Waals surface area contributed by atoms with Crippen molar-refractivity contribution in [2.24, 2.45) is 0 Å². The summed E-state index contributed by atoms with van der Waals surface area (Å²) in [7, 11) is 1.91. The van der Waals surface area contributed by atoms with Crippen molar-refractivity contribution in [2.75, 3.05) is 25.5 Å². The van der Waals surface area contributed by atoms with Crippen LogP contribution in [0.2, 0.25) is 0 Å². The maximum atomic E-state index is 13.6. The second-order valence-corrected chi connectivity index (χ2v) is 4.43. The van der Waals surface area contributed by atoms with Crippen molar-refractivity contribution in [1.29, 1.82) is 0 Å². The van der Waals surface area contributed by atoms with E-state index >= 15 is 0 Å². The van der Waals surface area contributed by atoms with Crippen molar-refractivity contribution in [3.8, 4) is 0 Å². The van der Waals surface area contributed by atoms with Crippen LogP contribution in [-0.4, -0.2) is 36.0 Å². The Labute approximate surface area is 103 Å². The quantitative estimate of drug-likeness (QED) is 0.664. The number of nitro benzene ring substituents is 1. The Morgan fingerprint density at radius 3 is 2.78 bits per heavy atom. The molecular formula is C11H13F2N3O2. The highest BCUT2D eigenvalue weighted by molar-refractivity contribution is 5.63. The smallest absolute Gasteiger partial charge is 0.298 e. The van der Waals surface area contributed by atoms with Gasteiger partial charge in [0.05, 0.1) is 11.0 Å². The van der Waals surface area contributed by atoms with Crippen LogP contribution >= 0.6 is 0 Å². The zero-order valence-corrected chi connectivity index (χ0v) is 9.82. The summed E-state index contributed by atoms with van der Waals surface area (Å²) in [4.78, 5) is 12.0. The summed E-state index contributed by atoms with van der Waals surface area (Å²) in [6.07, 6.45) is 0.768. The molecule has 1 heterocycles. The van der Waals surface area contributed by atoms with Gasteiger partial charge in [0.1, 0.15) is 11.5 Å². The molecule has 0 aromatic heterocycles. The summed E-state index contributed by atoms with van der Waals surface area (Å²) in [5.74, 6) is -1.88. The fourth-order valence-electron chi connectivity index (χ4n) is 2.10. The first-order valence-electron chi connectivity index (χ1n) is 5.56. The minimum absolute atomic E-state index is 0.0614. The second-order valence-electron chi connectivity index (χ2n) is 4.43. The third kappa shape index (κ3) is 2.56. The van der Waals surface area contributed by atoms with Crippen LogP contribution in [0.1, 0.15) is 6.42 Å². The SMILES string of the molecule is CN1CCC(Nc2c(F)cc(F)cc2[N+](=O)[O-])C1. The number of hydrogen-bond acceptors (Lipinski definition) is 4. The Balaban J connectivity index is 2.28. The molecule has 1 aliphatic heterocycles. The van der Waals surface area contributed by atoms with Gasteiger partial charge in [0.15, 0.2) is 5.82 Å². The molecule has 0 aliphatic carbocycles. The summed E-state index contributed by atoms with van der Waals surface area (Å²) in [6, 6.07) is 1.31. The second kappa shape index (κ2) is 4.85. The van der Waals surface area contributed by atoms with Crippen molar-refractivity contribution >= 4 is 11.4 Å². The van der Waals surface area contributed by atoms with E-state index in [0.717, 1.165) is 19.0 Å². The van der Waals surface area contributed by atoms with Gasteiger partial charge in [-0.25, -0.2) is 8.78 Å². The van der Waals surface area contributed by atoms with Crippen molar-refractivity contribution in [3.05, 3.63) is 33.9 Å². The first-order chi connectivity index (χ1) is 8.47. The summed E-state index contributed by atoms with van der Waals surface area (Å²) >= 11 is 0. The standard InChI is InChI=1S/C11H13F2N3O2/c1-15-3-2-8(6-15)14-11-9(13)4-7(12)5-10(11)16(17)18/h4-5,8,14H,2-3,6H2,1H3. The molecule has 1 aromatic carbocycles. The average molecular weight is 257 g/mol. The lowest BCUT2D eigenvalue weighted by Gasteiger charge is -2.14. The third-order valence-corrected chi connectivity index (χ3v) is 2.97. The number of benzene rings is 1. The molecule has 1 fully saturated rings. The number of nitro groups is 1. The number of likely N-dealkylation sites (N-methyl/N-ethyl adjacent to an activating group) is 1. The van der Waals surface area contributed by atoms with E-state index in [-0.39, 0.29) is 11.7 Å². The Morgan fingerprint density at radius 2 is 2.22 bits per heavy atom. The number of nitrogens with one attached hydrogen (secondary N) is 1. The van der Waals surface area contributed by atoms with Crippen LogP contribution in [0.5, 0.6) is 0 Å². The van der Waals surface area contributed by atoms with Gasteiger partial charge in [-0.05, 0) is 20.0 Å². The zero-order valence-electron chi connectivity index (χ0n) is 9.82. The first-order valence-corrected chi connectivity index (χ1v) is 5.56. The Hall–Kier alpha value is -1.76. The van der Waals surface area contributed by atoms with Crippen LogP contribution in [0.4, 0.5) is 20.2 Å². The topological polar surface area (TPSA) is 58.4 Å². The van der Waals surface area contributed by atoms with Gasteiger partial charge in [-0.3, -0.25) is 10.1 Å². The van der Waals surface area contributed by atoms with Crippen LogP contribution in [0.25, 0.3) is 0 Å². The van der Waals surface area contributed by atoms with Gasteiger partial charge in [0.2, 0.25) is 0 Å². The van der Waals surface area contributed by atoms with E-state index in [9.17, 15) is 18.9 Å². The van der Waals surface area contributed by atoms with Crippen LogP contribution < -0.4 is 5.32 Å². The first kappa shape index (κ1) is 12.7. The third-order valence-electron chi connectivity index (χ3n) is 2.97. The molecule has 98 valence electrons. The van der Waals surface area contributed by atoms with E-state index in [4.69, 9.17) is 0 Å². The predicted octanol–water partition coefficient (Wildman–Crippen LogP) is 1.99. The fraction of sp³-hybridized carbons (Fsp3) is 0.455. The molecular weight excluding hydrogens is 244 g/mol. The molecule has 0 saturated carbocycles. The highest BCUT2D eigenvalue weighted by Crippen LogP contribution is 2.30. The molecule has 0 bridgehead atoms. The van der Waals surface area contributed by atoms with Gasteiger partial charge in [0, 0.05) is 18.7 Å². The number of hydrogen-bond donors (Lipinski definition) is 1. The number of rotatable bonds is 3. The minimum Gasteiger partial charge on any atom is -0.373 e. The maximum Gasteiger partial charge on any atom is 0.298 e. The van der Waals surface area contributed by atoms with Crippen LogP contribution in [-0.2, 0) is 0 Å². The Bertz CT molecular complexity index is 482. The molecule has 1 atom stereocenters. The molecule has 7 heteroatoms. The van der Waals surface area contributed by atoms with Crippen LogP contribution in [0, 0.1) is 21.7 Å². The molecule has 1 aromatic rings.